The number of amides is 1. The van der Waals surface area contributed by atoms with E-state index >= 15 is 0 Å². The van der Waals surface area contributed by atoms with Crippen LogP contribution in [-0.2, 0) is 0 Å². The Kier molecular flexibility index (Phi) is 5.51. The Morgan fingerprint density at radius 1 is 1.35 bits per heavy atom. The highest BCUT2D eigenvalue weighted by Crippen LogP contribution is 2.23. The van der Waals surface area contributed by atoms with Crippen LogP contribution in [0.15, 0.2) is 12.1 Å². The molecule has 0 aromatic heterocycles. The van der Waals surface area contributed by atoms with Crippen LogP contribution in [0.1, 0.15) is 43.1 Å². The Bertz CT molecular complexity index is 497. The van der Waals surface area contributed by atoms with Gasteiger partial charge in [-0.1, -0.05) is 26.8 Å². The van der Waals surface area contributed by atoms with Crippen molar-refractivity contribution in [2.75, 3.05) is 6.54 Å². The summed E-state index contributed by atoms with van der Waals surface area (Å²) in [5.74, 6) is -2.47. The van der Waals surface area contributed by atoms with Gasteiger partial charge in [0.2, 0.25) is 0 Å². The second-order valence-electron chi connectivity index (χ2n) is 6.13. The number of rotatable bonds is 4. The first-order valence-electron chi connectivity index (χ1n) is 6.48. The summed E-state index contributed by atoms with van der Waals surface area (Å²) < 4.78 is 27.3. The predicted octanol–water partition coefficient (Wildman–Crippen LogP) is 4.05. The Hall–Kier alpha value is -1.16. The number of aryl methyl sites for hydroxylation is 1. The zero-order valence-corrected chi connectivity index (χ0v) is 12.9. The molecule has 1 amide bonds. The minimum atomic E-state index is -0.868. The second kappa shape index (κ2) is 6.53. The molecule has 0 bridgehead atoms. The SMILES string of the molecule is Cc1ccc(F)c(C(=O)NCC(Cl)CC(C)(C)C)c1F. The van der Waals surface area contributed by atoms with Crippen molar-refractivity contribution in [3.63, 3.8) is 0 Å². The quantitative estimate of drug-likeness (QED) is 0.836. The topological polar surface area (TPSA) is 29.1 Å². The van der Waals surface area contributed by atoms with Gasteiger partial charge >= 0.3 is 0 Å². The molecule has 20 heavy (non-hydrogen) atoms. The third kappa shape index (κ3) is 4.75. The molecule has 1 unspecified atom stereocenters. The summed E-state index contributed by atoms with van der Waals surface area (Å²) in [6.07, 6.45) is 0.688. The van der Waals surface area contributed by atoms with Gasteiger partial charge in [0.25, 0.3) is 5.91 Å². The van der Waals surface area contributed by atoms with E-state index in [4.69, 9.17) is 11.6 Å². The Morgan fingerprint density at radius 3 is 2.50 bits per heavy atom. The lowest BCUT2D eigenvalue weighted by atomic mass is 9.90. The number of hydrogen-bond acceptors (Lipinski definition) is 1. The van der Waals surface area contributed by atoms with Crippen LogP contribution < -0.4 is 5.32 Å². The molecule has 0 aliphatic carbocycles. The van der Waals surface area contributed by atoms with E-state index in [0.717, 1.165) is 6.07 Å². The van der Waals surface area contributed by atoms with Gasteiger partial charge in [-0.25, -0.2) is 8.78 Å². The summed E-state index contributed by atoms with van der Waals surface area (Å²) in [5.41, 5.74) is -0.296. The van der Waals surface area contributed by atoms with Crippen molar-refractivity contribution in [1.29, 1.82) is 0 Å². The lowest BCUT2D eigenvalue weighted by Gasteiger charge is -2.22. The van der Waals surface area contributed by atoms with E-state index in [9.17, 15) is 13.6 Å². The van der Waals surface area contributed by atoms with E-state index in [1.807, 2.05) is 20.8 Å². The highest BCUT2D eigenvalue weighted by molar-refractivity contribution is 6.21. The highest BCUT2D eigenvalue weighted by Gasteiger charge is 2.21. The van der Waals surface area contributed by atoms with Crippen molar-refractivity contribution in [2.24, 2.45) is 5.41 Å². The molecule has 5 heteroatoms. The average molecular weight is 304 g/mol. The predicted molar refractivity (Wildman–Crippen MR) is 77.1 cm³/mol. The molecule has 0 aliphatic rings. The van der Waals surface area contributed by atoms with Crippen LogP contribution in [0.2, 0.25) is 0 Å². The second-order valence-corrected chi connectivity index (χ2v) is 6.74. The molecule has 0 saturated heterocycles. The summed E-state index contributed by atoms with van der Waals surface area (Å²) in [4.78, 5) is 11.9. The largest absolute Gasteiger partial charge is 0.350 e. The smallest absolute Gasteiger partial charge is 0.257 e. The van der Waals surface area contributed by atoms with Crippen molar-refractivity contribution >= 4 is 17.5 Å². The first kappa shape index (κ1) is 16.9. The van der Waals surface area contributed by atoms with Crippen molar-refractivity contribution in [2.45, 2.75) is 39.5 Å². The third-order valence-electron chi connectivity index (χ3n) is 2.83. The van der Waals surface area contributed by atoms with Crippen molar-refractivity contribution in [3.8, 4) is 0 Å². The van der Waals surface area contributed by atoms with Gasteiger partial charge in [-0.3, -0.25) is 4.79 Å². The fourth-order valence-corrected chi connectivity index (χ4v) is 2.43. The molecule has 0 spiro atoms. The molecule has 1 N–H and O–H groups in total. The van der Waals surface area contributed by atoms with Crippen LogP contribution in [0.3, 0.4) is 0 Å². The monoisotopic (exact) mass is 303 g/mol. The van der Waals surface area contributed by atoms with E-state index in [2.05, 4.69) is 5.32 Å². The van der Waals surface area contributed by atoms with Gasteiger partial charge in [0.1, 0.15) is 17.2 Å². The lowest BCUT2D eigenvalue weighted by Crippen LogP contribution is -2.32. The van der Waals surface area contributed by atoms with Crippen LogP contribution in [0, 0.1) is 24.0 Å². The van der Waals surface area contributed by atoms with Crippen LogP contribution in [0.25, 0.3) is 0 Å². The summed E-state index contributed by atoms with van der Waals surface area (Å²) in [5, 5.41) is 2.20. The minimum absolute atomic E-state index is 0.0248. The molecular formula is C15H20ClF2NO. The Labute approximate surface area is 123 Å². The fourth-order valence-electron chi connectivity index (χ4n) is 1.89. The maximum atomic E-state index is 13.8. The number of alkyl halides is 1. The van der Waals surface area contributed by atoms with E-state index in [1.165, 1.54) is 13.0 Å². The number of benzene rings is 1. The Balaban J connectivity index is 2.71. The van der Waals surface area contributed by atoms with E-state index in [-0.39, 0.29) is 22.9 Å². The zero-order chi connectivity index (χ0) is 15.5. The van der Waals surface area contributed by atoms with Crippen LogP contribution in [0.4, 0.5) is 8.78 Å². The molecule has 0 heterocycles. The van der Waals surface area contributed by atoms with Crippen molar-refractivity contribution in [3.05, 3.63) is 34.9 Å². The molecular weight excluding hydrogens is 284 g/mol. The molecule has 1 aromatic rings. The molecule has 1 rings (SSSR count). The number of halogens is 3. The normalized spacial score (nSPS) is 13.2. The summed E-state index contributed by atoms with van der Waals surface area (Å²) >= 11 is 6.11. The molecule has 0 fully saturated rings. The van der Waals surface area contributed by atoms with Crippen molar-refractivity contribution in [1.82, 2.24) is 5.32 Å². The van der Waals surface area contributed by atoms with Gasteiger partial charge in [0.05, 0.1) is 5.38 Å². The summed E-state index contributed by atoms with van der Waals surface area (Å²) in [6, 6.07) is 2.38. The van der Waals surface area contributed by atoms with Crippen LogP contribution >= 0.6 is 11.6 Å². The maximum Gasteiger partial charge on any atom is 0.257 e. The zero-order valence-electron chi connectivity index (χ0n) is 12.2. The number of carbonyl (C=O) groups is 1. The molecule has 0 aliphatic heterocycles. The van der Waals surface area contributed by atoms with Crippen molar-refractivity contribution < 1.29 is 13.6 Å². The molecule has 1 atom stereocenters. The first-order valence-corrected chi connectivity index (χ1v) is 6.92. The van der Waals surface area contributed by atoms with E-state index < -0.39 is 23.1 Å². The van der Waals surface area contributed by atoms with Gasteiger partial charge in [-0.15, -0.1) is 11.6 Å². The third-order valence-corrected chi connectivity index (χ3v) is 3.14. The fraction of sp³-hybridized carbons (Fsp3) is 0.533. The van der Waals surface area contributed by atoms with E-state index in [1.54, 1.807) is 0 Å². The van der Waals surface area contributed by atoms with Gasteiger partial charge in [0.15, 0.2) is 0 Å². The van der Waals surface area contributed by atoms with Gasteiger partial charge in [0, 0.05) is 6.54 Å². The average Bonchev–Trinajstić information content (AvgIpc) is 2.30. The molecule has 112 valence electrons. The molecule has 2 nitrogen and oxygen atoms in total. The summed E-state index contributed by atoms with van der Waals surface area (Å²) in [6.45, 7) is 7.75. The van der Waals surface area contributed by atoms with Gasteiger partial charge in [-0.05, 0) is 30.4 Å². The van der Waals surface area contributed by atoms with Crippen LogP contribution in [-0.4, -0.2) is 17.8 Å². The van der Waals surface area contributed by atoms with Crippen LogP contribution in [0.5, 0.6) is 0 Å². The number of hydrogen-bond donors (Lipinski definition) is 1. The standard InChI is InChI=1S/C15H20ClF2NO/c1-9-5-6-11(17)12(13(9)18)14(20)19-8-10(16)7-15(2,3)4/h5-6,10H,7-8H2,1-4H3,(H,19,20). The minimum Gasteiger partial charge on any atom is -0.350 e. The highest BCUT2D eigenvalue weighted by atomic mass is 35.5. The number of carbonyl (C=O) groups excluding carboxylic acids is 1. The number of nitrogens with one attached hydrogen (secondary N) is 1. The Morgan fingerprint density at radius 2 is 1.95 bits per heavy atom. The molecule has 0 radical (unpaired) electrons. The molecule has 1 aromatic carbocycles. The molecule has 0 saturated carbocycles. The van der Waals surface area contributed by atoms with Gasteiger partial charge < -0.3 is 5.32 Å². The first-order chi connectivity index (χ1) is 9.11. The lowest BCUT2D eigenvalue weighted by molar-refractivity contribution is 0.0943. The summed E-state index contributed by atoms with van der Waals surface area (Å²) in [7, 11) is 0. The maximum absolute atomic E-state index is 13.8. The van der Waals surface area contributed by atoms with E-state index in [0.29, 0.717) is 6.42 Å². The van der Waals surface area contributed by atoms with Gasteiger partial charge in [-0.2, -0.15) is 0 Å².